The van der Waals surface area contributed by atoms with Gasteiger partial charge in [0.25, 0.3) is 5.91 Å². The van der Waals surface area contributed by atoms with Crippen molar-refractivity contribution in [3.05, 3.63) is 47.8 Å². The van der Waals surface area contributed by atoms with Crippen LogP contribution in [0.4, 0.5) is 0 Å². The van der Waals surface area contributed by atoms with Gasteiger partial charge in [0.15, 0.2) is 5.69 Å². The maximum Gasteiger partial charge on any atom is 0.272 e. The number of benzene rings is 1. The van der Waals surface area contributed by atoms with Crippen LogP contribution in [-0.4, -0.2) is 27.6 Å². The number of primary amides is 1. The molecule has 6 heteroatoms. The Balaban J connectivity index is 1.77. The molecule has 0 unspecified atom stereocenters. The predicted molar refractivity (Wildman–Crippen MR) is 90.7 cm³/mol. The van der Waals surface area contributed by atoms with E-state index in [1.54, 1.807) is 10.7 Å². The Kier molecular flexibility index (Phi) is 4.64. The second-order valence-corrected chi connectivity index (χ2v) is 6.29. The van der Waals surface area contributed by atoms with Crippen LogP contribution in [0.3, 0.4) is 0 Å². The lowest BCUT2D eigenvalue weighted by atomic mass is 9.84. The Hall–Kier alpha value is -2.63. The Morgan fingerprint density at radius 3 is 2.62 bits per heavy atom. The minimum absolute atomic E-state index is 0.203. The molecular weight excluding hydrogens is 304 g/mol. The van der Waals surface area contributed by atoms with Crippen LogP contribution in [0.25, 0.3) is 5.69 Å². The second kappa shape index (κ2) is 6.86. The Bertz CT molecular complexity index is 739. The SMILES string of the molecule is Cc1cc(C(=O)N[C@@H]2CCCC[C@H]2C(N)=O)nn1-c1ccccc1. The van der Waals surface area contributed by atoms with Gasteiger partial charge >= 0.3 is 0 Å². The molecule has 2 atom stereocenters. The van der Waals surface area contributed by atoms with Gasteiger partial charge in [-0.2, -0.15) is 5.10 Å². The van der Waals surface area contributed by atoms with Gasteiger partial charge in [-0.05, 0) is 38.0 Å². The number of carbonyl (C=O) groups excluding carboxylic acids is 2. The van der Waals surface area contributed by atoms with Gasteiger partial charge in [-0.1, -0.05) is 31.0 Å². The van der Waals surface area contributed by atoms with E-state index in [0.29, 0.717) is 5.69 Å². The van der Waals surface area contributed by atoms with Crippen molar-refractivity contribution in [2.75, 3.05) is 0 Å². The monoisotopic (exact) mass is 326 g/mol. The lowest BCUT2D eigenvalue weighted by Gasteiger charge is -2.29. The second-order valence-electron chi connectivity index (χ2n) is 6.29. The van der Waals surface area contributed by atoms with E-state index in [-0.39, 0.29) is 23.8 Å². The number of para-hydroxylation sites is 1. The third-order valence-corrected chi connectivity index (χ3v) is 4.57. The maximum absolute atomic E-state index is 12.5. The number of amides is 2. The van der Waals surface area contributed by atoms with E-state index in [0.717, 1.165) is 37.1 Å². The molecule has 126 valence electrons. The minimum Gasteiger partial charge on any atom is -0.369 e. The lowest BCUT2D eigenvalue weighted by molar-refractivity contribution is -0.123. The summed E-state index contributed by atoms with van der Waals surface area (Å²) in [5, 5.41) is 7.35. The highest BCUT2D eigenvalue weighted by Crippen LogP contribution is 2.24. The quantitative estimate of drug-likeness (QED) is 0.900. The van der Waals surface area contributed by atoms with Crippen molar-refractivity contribution in [3.63, 3.8) is 0 Å². The summed E-state index contributed by atoms with van der Waals surface area (Å²) in [7, 11) is 0. The summed E-state index contributed by atoms with van der Waals surface area (Å²) in [5.41, 5.74) is 7.60. The normalized spacial score (nSPS) is 20.5. The zero-order valence-corrected chi connectivity index (χ0v) is 13.7. The van der Waals surface area contributed by atoms with Crippen LogP contribution < -0.4 is 11.1 Å². The summed E-state index contributed by atoms with van der Waals surface area (Å²) >= 11 is 0. The van der Waals surface area contributed by atoms with Crippen molar-refractivity contribution in [2.45, 2.75) is 38.6 Å². The van der Waals surface area contributed by atoms with Crippen LogP contribution in [-0.2, 0) is 4.79 Å². The first kappa shape index (κ1) is 16.2. The van der Waals surface area contributed by atoms with E-state index in [4.69, 9.17) is 5.73 Å². The van der Waals surface area contributed by atoms with Crippen LogP contribution in [0.15, 0.2) is 36.4 Å². The first-order valence-corrected chi connectivity index (χ1v) is 8.28. The van der Waals surface area contributed by atoms with Crippen LogP contribution in [0.2, 0.25) is 0 Å². The van der Waals surface area contributed by atoms with Crippen LogP contribution in [0.5, 0.6) is 0 Å². The zero-order chi connectivity index (χ0) is 17.1. The largest absolute Gasteiger partial charge is 0.369 e. The summed E-state index contributed by atoms with van der Waals surface area (Å²) in [6.07, 6.45) is 3.48. The molecule has 3 N–H and O–H groups in total. The standard InChI is InChI=1S/C18H22N4O2/c1-12-11-16(21-22(12)13-7-3-2-4-8-13)18(24)20-15-10-6-5-9-14(15)17(19)23/h2-4,7-8,11,14-15H,5-6,9-10H2,1H3,(H2,19,23)(H,20,24)/t14-,15-/m1/s1. The molecule has 1 aliphatic rings. The fourth-order valence-corrected chi connectivity index (χ4v) is 3.30. The molecule has 0 saturated heterocycles. The van der Waals surface area contributed by atoms with Crippen molar-refractivity contribution >= 4 is 11.8 Å². The summed E-state index contributed by atoms with van der Waals surface area (Å²) in [6.45, 7) is 1.91. The van der Waals surface area contributed by atoms with E-state index in [1.807, 2.05) is 37.3 Å². The molecule has 1 fully saturated rings. The van der Waals surface area contributed by atoms with Gasteiger partial charge in [0, 0.05) is 11.7 Å². The molecule has 0 bridgehead atoms. The molecule has 0 radical (unpaired) electrons. The Morgan fingerprint density at radius 2 is 1.92 bits per heavy atom. The fraction of sp³-hybridized carbons (Fsp3) is 0.389. The molecule has 1 heterocycles. The van der Waals surface area contributed by atoms with Crippen LogP contribution in [0.1, 0.15) is 41.9 Å². The van der Waals surface area contributed by atoms with Gasteiger partial charge in [0.05, 0.1) is 11.6 Å². The van der Waals surface area contributed by atoms with E-state index in [9.17, 15) is 9.59 Å². The van der Waals surface area contributed by atoms with Gasteiger partial charge in [-0.3, -0.25) is 9.59 Å². The molecule has 2 amide bonds. The first-order chi connectivity index (χ1) is 11.6. The number of nitrogens with two attached hydrogens (primary N) is 1. The highest BCUT2D eigenvalue weighted by molar-refractivity contribution is 5.93. The third-order valence-electron chi connectivity index (χ3n) is 4.57. The summed E-state index contributed by atoms with van der Waals surface area (Å²) in [5.74, 6) is -0.892. The van der Waals surface area contributed by atoms with Crippen molar-refractivity contribution in [3.8, 4) is 5.69 Å². The van der Waals surface area contributed by atoms with Crippen molar-refractivity contribution in [1.82, 2.24) is 15.1 Å². The van der Waals surface area contributed by atoms with E-state index in [1.165, 1.54) is 0 Å². The van der Waals surface area contributed by atoms with Crippen molar-refractivity contribution < 1.29 is 9.59 Å². The molecule has 0 spiro atoms. The topological polar surface area (TPSA) is 90.0 Å². The summed E-state index contributed by atoms with van der Waals surface area (Å²) in [6, 6.07) is 11.2. The van der Waals surface area contributed by atoms with Gasteiger partial charge < -0.3 is 11.1 Å². The minimum atomic E-state index is -0.342. The predicted octanol–water partition coefficient (Wildman–Crippen LogP) is 1.95. The smallest absolute Gasteiger partial charge is 0.272 e. The number of nitrogens with zero attached hydrogens (tertiary/aromatic N) is 2. The average Bonchev–Trinajstić information content (AvgIpc) is 2.98. The lowest BCUT2D eigenvalue weighted by Crippen LogP contribution is -2.47. The van der Waals surface area contributed by atoms with E-state index < -0.39 is 0 Å². The number of aryl methyl sites for hydroxylation is 1. The highest BCUT2D eigenvalue weighted by Gasteiger charge is 2.31. The summed E-state index contributed by atoms with van der Waals surface area (Å²) < 4.78 is 1.74. The van der Waals surface area contributed by atoms with E-state index in [2.05, 4.69) is 10.4 Å². The molecule has 6 nitrogen and oxygen atoms in total. The van der Waals surface area contributed by atoms with Crippen LogP contribution >= 0.6 is 0 Å². The van der Waals surface area contributed by atoms with Crippen molar-refractivity contribution in [1.29, 1.82) is 0 Å². The molecule has 1 aromatic heterocycles. The summed E-state index contributed by atoms with van der Waals surface area (Å²) in [4.78, 5) is 24.1. The molecule has 24 heavy (non-hydrogen) atoms. The Morgan fingerprint density at radius 1 is 1.21 bits per heavy atom. The van der Waals surface area contributed by atoms with Crippen LogP contribution in [0, 0.1) is 12.8 Å². The number of aromatic nitrogens is 2. The molecule has 3 rings (SSSR count). The molecule has 1 aromatic carbocycles. The van der Waals surface area contributed by atoms with Gasteiger partial charge in [-0.15, -0.1) is 0 Å². The highest BCUT2D eigenvalue weighted by atomic mass is 16.2. The van der Waals surface area contributed by atoms with Gasteiger partial charge in [-0.25, -0.2) is 4.68 Å². The van der Waals surface area contributed by atoms with Gasteiger partial charge in [0.2, 0.25) is 5.91 Å². The van der Waals surface area contributed by atoms with E-state index >= 15 is 0 Å². The molecule has 0 aliphatic heterocycles. The molecule has 1 aliphatic carbocycles. The average molecular weight is 326 g/mol. The van der Waals surface area contributed by atoms with Gasteiger partial charge in [0.1, 0.15) is 0 Å². The molecule has 1 saturated carbocycles. The Labute approximate surface area is 141 Å². The molecular formula is C18H22N4O2. The molecule has 2 aromatic rings. The number of hydrogen-bond acceptors (Lipinski definition) is 3. The zero-order valence-electron chi connectivity index (χ0n) is 13.7. The van der Waals surface area contributed by atoms with Crippen molar-refractivity contribution in [2.24, 2.45) is 11.7 Å². The third kappa shape index (κ3) is 3.32. The fourth-order valence-electron chi connectivity index (χ4n) is 3.30. The number of nitrogens with one attached hydrogen (secondary N) is 1. The first-order valence-electron chi connectivity index (χ1n) is 8.28. The maximum atomic E-state index is 12.5. The number of rotatable bonds is 4. The number of hydrogen-bond donors (Lipinski definition) is 2. The number of carbonyl (C=O) groups is 2.